The molecule has 6 heteroatoms. The second-order valence-electron chi connectivity index (χ2n) is 6.59. The lowest BCUT2D eigenvalue weighted by atomic mass is 10.0. The van der Waals surface area contributed by atoms with Crippen molar-refractivity contribution in [2.24, 2.45) is 0 Å². The van der Waals surface area contributed by atoms with Crippen molar-refractivity contribution in [2.75, 3.05) is 26.7 Å². The van der Waals surface area contributed by atoms with E-state index in [0.717, 1.165) is 22.1 Å². The summed E-state index contributed by atoms with van der Waals surface area (Å²) in [5.74, 6) is -0.0337. The van der Waals surface area contributed by atoms with Crippen LogP contribution in [0.4, 0.5) is 4.39 Å². The number of amides is 1. The van der Waals surface area contributed by atoms with Crippen LogP contribution in [-0.2, 0) is 0 Å². The molecule has 138 valence electrons. The predicted molar refractivity (Wildman–Crippen MR) is 101 cm³/mol. The second kappa shape index (κ2) is 7.32. The summed E-state index contributed by atoms with van der Waals surface area (Å²) in [6.45, 7) is 1.64. The quantitative estimate of drug-likeness (QED) is 0.775. The maximum Gasteiger partial charge on any atom is 0.256 e. The molecule has 3 aromatic rings. The Morgan fingerprint density at radius 3 is 3.00 bits per heavy atom. The van der Waals surface area contributed by atoms with Gasteiger partial charge in [0.05, 0.1) is 18.7 Å². The zero-order chi connectivity index (χ0) is 18.8. The second-order valence-corrected chi connectivity index (χ2v) is 6.59. The van der Waals surface area contributed by atoms with Crippen LogP contribution in [0.15, 0.2) is 54.9 Å². The summed E-state index contributed by atoms with van der Waals surface area (Å²) in [6.07, 6.45) is 3.25. The molecule has 1 aromatic heterocycles. The van der Waals surface area contributed by atoms with E-state index < -0.39 is 5.82 Å². The molecule has 4 rings (SSSR count). The average molecular weight is 365 g/mol. The molecule has 2 heterocycles. The molecule has 1 saturated heterocycles. The van der Waals surface area contributed by atoms with Gasteiger partial charge in [-0.2, -0.15) is 0 Å². The number of carbonyl (C=O) groups excluding carboxylic acids is 1. The van der Waals surface area contributed by atoms with E-state index in [-0.39, 0.29) is 17.5 Å². The van der Waals surface area contributed by atoms with Crippen molar-refractivity contribution in [1.82, 2.24) is 15.2 Å². The first-order valence-corrected chi connectivity index (χ1v) is 8.85. The summed E-state index contributed by atoms with van der Waals surface area (Å²) in [4.78, 5) is 18.7. The number of fused-ring (bicyclic) bond motifs is 1. The SMILES string of the molecule is COc1cccc(C2CN(C(=O)c3cc4cnccc4cc3F)CCN2)c1. The van der Waals surface area contributed by atoms with Gasteiger partial charge in [0.15, 0.2) is 0 Å². The third-order valence-corrected chi connectivity index (χ3v) is 4.92. The first kappa shape index (κ1) is 17.4. The standard InChI is InChI=1S/C21H20FN3O2/c1-27-17-4-2-3-15(9-17)20-13-25(8-7-24-20)21(26)18-10-16-12-23-6-5-14(16)11-19(18)22/h2-6,9-12,20,24H,7-8,13H2,1H3. The van der Waals surface area contributed by atoms with Gasteiger partial charge < -0.3 is 15.0 Å². The summed E-state index contributed by atoms with van der Waals surface area (Å²) >= 11 is 0. The lowest BCUT2D eigenvalue weighted by Gasteiger charge is -2.34. The largest absolute Gasteiger partial charge is 0.497 e. The van der Waals surface area contributed by atoms with Crippen molar-refractivity contribution in [3.05, 3.63) is 71.8 Å². The number of nitrogens with zero attached hydrogens (tertiary/aromatic N) is 2. The first-order valence-electron chi connectivity index (χ1n) is 8.85. The molecule has 27 heavy (non-hydrogen) atoms. The van der Waals surface area contributed by atoms with Crippen molar-refractivity contribution in [1.29, 1.82) is 0 Å². The van der Waals surface area contributed by atoms with Gasteiger partial charge in [-0.25, -0.2) is 4.39 Å². The molecule has 0 radical (unpaired) electrons. The number of benzene rings is 2. The van der Waals surface area contributed by atoms with Gasteiger partial charge in [0.1, 0.15) is 11.6 Å². The van der Waals surface area contributed by atoms with E-state index in [1.54, 1.807) is 36.5 Å². The summed E-state index contributed by atoms with van der Waals surface area (Å²) in [5, 5.41) is 4.90. The molecular formula is C21H20FN3O2. The predicted octanol–water partition coefficient (Wildman–Crippen LogP) is 3.17. The maximum absolute atomic E-state index is 14.5. The number of ether oxygens (including phenoxy) is 1. The van der Waals surface area contributed by atoms with Gasteiger partial charge in [-0.15, -0.1) is 0 Å². The molecule has 0 spiro atoms. The lowest BCUT2D eigenvalue weighted by molar-refractivity contribution is 0.0698. The molecule has 2 aromatic carbocycles. The minimum atomic E-state index is -0.504. The number of nitrogens with one attached hydrogen (secondary N) is 1. The van der Waals surface area contributed by atoms with Crippen LogP contribution in [0.2, 0.25) is 0 Å². The molecule has 1 N–H and O–H groups in total. The van der Waals surface area contributed by atoms with Crippen LogP contribution >= 0.6 is 0 Å². The van der Waals surface area contributed by atoms with E-state index in [1.807, 2.05) is 24.3 Å². The Labute approximate surface area is 156 Å². The monoisotopic (exact) mass is 365 g/mol. The van der Waals surface area contributed by atoms with Gasteiger partial charge in [-0.1, -0.05) is 12.1 Å². The number of hydrogen-bond donors (Lipinski definition) is 1. The number of piperazine rings is 1. The minimum Gasteiger partial charge on any atom is -0.497 e. The Bertz CT molecular complexity index is 992. The summed E-state index contributed by atoms with van der Waals surface area (Å²) in [5.41, 5.74) is 1.12. The fourth-order valence-corrected chi connectivity index (χ4v) is 3.46. The van der Waals surface area contributed by atoms with Crippen molar-refractivity contribution < 1.29 is 13.9 Å². The topological polar surface area (TPSA) is 54.5 Å². The smallest absolute Gasteiger partial charge is 0.256 e. The number of rotatable bonds is 3. The summed E-state index contributed by atoms with van der Waals surface area (Å²) in [6, 6.07) is 12.4. The molecule has 1 atom stereocenters. The van der Waals surface area contributed by atoms with Gasteiger partial charge in [0, 0.05) is 37.4 Å². The fourth-order valence-electron chi connectivity index (χ4n) is 3.46. The Morgan fingerprint density at radius 2 is 2.15 bits per heavy atom. The Kier molecular flexibility index (Phi) is 4.73. The number of hydrogen-bond acceptors (Lipinski definition) is 4. The summed E-state index contributed by atoms with van der Waals surface area (Å²) < 4.78 is 19.8. The molecule has 1 amide bonds. The summed E-state index contributed by atoms with van der Waals surface area (Å²) in [7, 11) is 1.63. The van der Waals surface area contributed by atoms with Crippen molar-refractivity contribution in [2.45, 2.75) is 6.04 Å². The van der Waals surface area contributed by atoms with E-state index in [2.05, 4.69) is 10.3 Å². The molecule has 1 aliphatic rings. The minimum absolute atomic E-state index is 0.0250. The number of aromatic nitrogens is 1. The zero-order valence-electron chi connectivity index (χ0n) is 15.0. The zero-order valence-corrected chi connectivity index (χ0v) is 15.0. The number of pyridine rings is 1. The van der Waals surface area contributed by atoms with E-state index >= 15 is 0 Å². The molecule has 0 aliphatic carbocycles. The van der Waals surface area contributed by atoms with Crippen LogP contribution in [0.1, 0.15) is 22.0 Å². The lowest BCUT2D eigenvalue weighted by Crippen LogP contribution is -2.48. The van der Waals surface area contributed by atoms with E-state index in [9.17, 15) is 9.18 Å². The fraction of sp³-hybridized carbons (Fsp3) is 0.238. The van der Waals surface area contributed by atoms with Crippen LogP contribution in [0.3, 0.4) is 0 Å². The van der Waals surface area contributed by atoms with Crippen LogP contribution < -0.4 is 10.1 Å². The third-order valence-electron chi connectivity index (χ3n) is 4.92. The molecular weight excluding hydrogens is 345 g/mol. The van der Waals surface area contributed by atoms with E-state index in [0.29, 0.717) is 19.6 Å². The molecule has 1 unspecified atom stereocenters. The highest BCUT2D eigenvalue weighted by Gasteiger charge is 2.27. The van der Waals surface area contributed by atoms with Crippen LogP contribution in [-0.4, -0.2) is 42.5 Å². The molecule has 1 aliphatic heterocycles. The maximum atomic E-state index is 14.5. The van der Waals surface area contributed by atoms with Gasteiger partial charge in [-0.3, -0.25) is 9.78 Å². The van der Waals surface area contributed by atoms with Gasteiger partial charge in [0.25, 0.3) is 5.91 Å². The highest BCUT2D eigenvalue weighted by Crippen LogP contribution is 2.24. The van der Waals surface area contributed by atoms with Crippen LogP contribution in [0.25, 0.3) is 10.8 Å². The van der Waals surface area contributed by atoms with Crippen LogP contribution in [0.5, 0.6) is 5.75 Å². The molecule has 5 nitrogen and oxygen atoms in total. The number of carbonyl (C=O) groups is 1. The number of methoxy groups -OCH3 is 1. The molecule has 1 fully saturated rings. The average Bonchev–Trinajstić information content (AvgIpc) is 2.73. The van der Waals surface area contributed by atoms with E-state index in [1.165, 1.54) is 6.07 Å². The van der Waals surface area contributed by atoms with Crippen LogP contribution in [0, 0.1) is 5.82 Å². The van der Waals surface area contributed by atoms with Crippen molar-refractivity contribution in [3.8, 4) is 5.75 Å². The van der Waals surface area contributed by atoms with Crippen molar-refractivity contribution in [3.63, 3.8) is 0 Å². The first-order chi connectivity index (χ1) is 13.2. The van der Waals surface area contributed by atoms with E-state index in [4.69, 9.17) is 4.74 Å². The Morgan fingerprint density at radius 1 is 1.26 bits per heavy atom. The van der Waals surface area contributed by atoms with Crippen molar-refractivity contribution >= 4 is 16.7 Å². The van der Waals surface area contributed by atoms with Gasteiger partial charge in [0.2, 0.25) is 0 Å². The number of halogens is 1. The molecule has 0 saturated carbocycles. The Hall–Kier alpha value is -2.99. The highest BCUT2D eigenvalue weighted by atomic mass is 19.1. The highest BCUT2D eigenvalue weighted by molar-refractivity contribution is 5.98. The third kappa shape index (κ3) is 3.48. The van der Waals surface area contributed by atoms with Gasteiger partial charge in [-0.05, 0) is 41.3 Å². The normalized spacial score (nSPS) is 17.1. The Balaban J connectivity index is 1.59. The molecule has 0 bridgehead atoms. The van der Waals surface area contributed by atoms with Gasteiger partial charge >= 0.3 is 0 Å².